The molecule has 0 saturated heterocycles. The first-order valence-corrected chi connectivity index (χ1v) is 10.2. The summed E-state index contributed by atoms with van der Waals surface area (Å²) in [5.41, 5.74) is 0.937. The van der Waals surface area contributed by atoms with Crippen LogP contribution in [0.15, 0.2) is 24.3 Å². The summed E-state index contributed by atoms with van der Waals surface area (Å²) in [6.07, 6.45) is 0.364. The number of amides is 1. The van der Waals surface area contributed by atoms with Crippen LogP contribution in [0.1, 0.15) is 65.3 Å². The largest absolute Gasteiger partial charge is 0.444 e. The minimum atomic E-state index is -0.686. The van der Waals surface area contributed by atoms with E-state index in [0.29, 0.717) is 24.2 Å². The monoisotopic (exact) mass is 414 g/mol. The van der Waals surface area contributed by atoms with Crippen molar-refractivity contribution in [1.82, 2.24) is 9.47 Å². The van der Waals surface area contributed by atoms with Gasteiger partial charge in [0.2, 0.25) is 0 Å². The van der Waals surface area contributed by atoms with Crippen molar-refractivity contribution in [3.05, 3.63) is 35.5 Å². The van der Waals surface area contributed by atoms with Gasteiger partial charge in [0.1, 0.15) is 17.5 Å². The Kier molecular flexibility index (Phi) is 5.67. The van der Waals surface area contributed by atoms with Gasteiger partial charge in [-0.25, -0.2) is 14.2 Å². The molecule has 0 saturated carbocycles. The average Bonchev–Trinajstić information content (AvgIpc) is 2.94. The Morgan fingerprint density at radius 3 is 2.23 bits per heavy atom. The van der Waals surface area contributed by atoms with Crippen molar-refractivity contribution >= 4 is 29.4 Å². The maximum absolute atomic E-state index is 13.2. The van der Waals surface area contributed by atoms with Crippen LogP contribution in [0.2, 0.25) is 0 Å². The fourth-order valence-corrected chi connectivity index (χ4v) is 3.85. The number of carbonyl (C=O) groups is 3. The van der Waals surface area contributed by atoms with Crippen molar-refractivity contribution in [2.75, 3.05) is 6.54 Å². The molecule has 1 atom stereocenters. The van der Waals surface area contributed by atoms with E-state index in [2.05, 4.69) is 0 Å². The van der Waals surface area contributed by atoms with Crippen LogP contribution < -0.4 is 0 Å². The summed E-state index contributed by atoms with van der Waals surface area (Å²) < 4.78 is 12.7. The van der Waals surface area contributed by atoms with Gasteiger partial charge in [0.25, 0.3) is 0 Å². The molecule has 0 spiro atoms. The second kappa shape index (κ2) is 7.78. The van der Waals surface area contributed by atoms with Crippen LogP contribution in [0.5, 0.6) is 0 Å². The number of ether oxygens (including phenoxy) is 2. The maximum Gasteiger partial charge on any atom is 0.419 e. The van der Waals surface area contributed by atoms with E-state index < -0.39 is 29.4 Å². The summed E-state index contributed by atoms with van der Waals surface area (Å²) >= 11 is 0. The number of aromatic nitrogens is 1. The highest BCUT2D eigenvalue weighted by Gasteiger charge is 2.39. The molecule has 30 heavy (non-hydrogen) atoms. The number of aldehydes is 1. The lowest BCUT2D eigenvalue weighted by Gasteiger charge is -2.37. The molecule has 0 bridgehead atoms. The summed E-state index contributed by atoms with van der Waals surface area (Å²) in [6, 6.07) is 6.97. The van der Waals surface area contributed by atoms with Gasteiger partial charge in [-0.05, 0) is 59.6 Å². The third-order valence-corrected chi connectivity index (χ3v) is 4.84. The highest BCUT2D eigenvalue weighted by atomic mass is 16.6. The van der Waals surface area contributed by atoms with Crippen molar-refractivity contribution < 1.29 is 23.9 Å². The first-order chi connectivity index (χ1) is 13.9. The molecule has 1 aromatic carbocycles. The summed E-state index contributed by atoms with van der Waals surface area (Å²) in [6.45, 7) is 11.2. The topological polar surface area (TPSA) is 77.8 Å². The number of nitrogens with zero attached hydrogens (tertiary/aromatic N) is 2. The third kappa shape index (κ3) is 4.35. The van der Waals surface area contributed by atoms with E-state index in [1.54, 1.807) is 46.4 Å². The molecule has 2 aromatic rings. The van der Waals surface area contributed by atoms with E-state index in [9.17, 15) is 14.4 Å². The zero-order valence-electron chi connectivity index (χ0n) is 18.5. The van der Waals surface area contributed by atoms with Crippen molar-refractivity contribution in [2.45, 2.75) is 71.6 Å². The SMILES string of the molecule is CC(C)(C)OC(=O)N1CCc2c(n(C(=O)OC(C)(C)C)c3ccccc23)C1CC=O. The summed E-state index contributed by atoms with van der Waals surface area (Å²) in [4.78, 5) is 39.2. The Hall–Kier alpha value is -2.83. The molecule has 162 valence electrons. The Morgan fingerprint density at radius 2 is 1.63 bits per heavy atom. The molecule has 0 aliphatic carbocycles. The molecular formula is C23H30N2O5. The minimum absolute atomic E-state index is 0.0609. The normalized spacial score (nSPS) is 16.9. The summed E-state index contributed by atoms with van der Waals surface area (Å²) in [5, 5.41) is 0.929. The quantitative estimate of drug-likeness (QED) is 0.657. The molecule has 7 heteroatoms. The van der Waals surface area contributed by atoms with E-state index in [4.69, 9.17) is 9.47 Å². The van der Waals surface area contributed by atoms with Crippen molar-refractivity contribution in [2.24, 2.45) is 0 Å². The van der Waals surface area contributed by atoms with Crippen LogP contribution >= 0.6 is 0 Å². The smallest absolute Gasteiger partial charge is 0.419 e. The fourth-order valence-electron chi connectivity index (χ4n) is 3.85. The van der Waals surface area contributed by atoms with Crippen LogP contribution in [0.3, 0.4) is 0 Å². The Balaban J connectivity index is 2.17. The van der Waals surface area contributed by atoms with Crippen LogP contribution in [-0.4, -0.2) is 45.7 Å². The van der Waals surface area contributed by atoms with Gasteiger partial charge in [0, 0.05) is 18.4 Å². The van der Waals surface area contributed by atoms with E-state index >= 15 is 0 Å². The molecule has 1 aliphatic rings. The average molecular weight is 415 g/mol. The van der Waals surface area contributed by atoms with Crippen LogP contribution in [0.25, 0.3) is 10.9 Å². The van der Waals surface area contributed by atoms with Gasteiger partial charge in [0.15, 0.2) is 0 Å². The van der Waals surface area contributed by atoms with Gasteiger partial charge in [-0.3, -0.25) is 4.90 Å². The molecule has 7 nitrogen and oxygen atoms in total. The highest BCUT2D eigenvalue weighted by Crippen LogP contribution is 2.39. The molecule has 2 heterocycles. The number of hydrogen-bond donors (Lipinski definition) is 0. The zero-order chi connectivity index (χ0) is 22.3. The first kappa shape index (κ1) is 21.9. The lowest BCUT2D eigenvalue weighted by Crippen LogP contribution is -2.44. The number of para-hydroxylation sites is 1. The standard InChI is InChI=1S/C23H30N2O5/c1-22(2,3)29-20(27)24-13-11-16-15-9-7-8-10-17(15)25(19(16)18(24)12-14-26)21(28)30-23(4,5)6/h7-10,14,18H,11-13H2,1-6H3. The molecule has 0 N–H and O–H groups in total. The number of benzene rings is 1. The van der Waals surface area contributed by atoms with Gasteiger partial charge in [-0.15, -0.1) is 0 Å². The lowest BCUT2D eigenvalue weighted by molar-refractivity contribution is -0.109. The minimum Gasteiger partial charge on any atom is -0.444 e. The summed E-state index contributed by atoms with van der Waals surface area (Å²) in [5.74, 6) is 0. The second-order valence-electron chi connectivity index (χ2n) is 9.54. The molecule has 3 rings (SSSR count). The Morgan fingerprint density at radius 1 is 1.03 bits per heavy atom. The van der Waals surface area contributed by atoms with Crippen molar-refractivity contribution in [3.63, 3.8) is 0 Å². The molecule has 1 aromatic heterocycles. The van der Waals surface area contributed by atoms with Crippen molar-refractivity contribution in [1.29, 1.82) is 0 Å². The van der Waals surface area contributed by atoms with E-state index in [-0.39, 0.29) is 6.42 Å². The van der Waals surface area contributed by atoms with Gasteiger partial charge in [-0.2, -0.15) is 0 Å². The van der Waals surface area contributed by atoms with Crippen LogP contribution in [0, 0.1) is 0 Å². The van der Waals surface area contributed by atoms with E-state index in [0.717, 1.165) is 17.2 Å². The molecule has 1 unspecified atom stereocenters. The highest BCUT2D eigenvalue weighted by molar-refractivity contribution is 5.94. The number of fused-ring (bicyclic) bond motifs is 3. The maximum atomic E-state index is 13.2. The molecule has 0 radical (unpaired) electrons. The van der Waals surface area contributed by atoms with Crippen LogP contribution in [-0.2, 0) is 20.7 Å². The Labute approximate surface area is 176 Å². The van der Waals surface area contributed by atoms with Crippen molar-refractivity contribution in [3.8, 4) is 0 Å². The van der Waals surface area contributed by atoms with Crippen LogP contribution in [0.4, 0.5) is 9.59 Å². The second-order valence-corrected chi connectivity index (χ2v) is 9.54. The predicted octanol–water partition coefficient (Wildman–Crippen LogP) is 4.85. The number of hydrogen-bond acceptors (Lipinski definition) is 5. The molecular weight excluding hydrogens is 384 g/mol. The first-order valence-electron chi connectivity index (χ1n) is 10.2. The number of rotatable bonds is 2. The molecule has 1 amide bonds. The number of carbonyl (C=O) groups excluding carboxylic acids is 3. The van der Waals surface area contributed by atoms with Gasteiger partial charge in [-0.1, -0.05) is 18.2 Å². The molecule has 1 aliphatic heterocycles. The van der Waals surface area contributed by atoms with E-state index in [1.807, 2.05) is 24.3 Å². The summed E-state index contributed by atoms with van der Waals surface area (Å²) in [7, 11) is 0. The van der Waals surface area contributed by atoms with Gasteiger partial charge >= 0.3 is 12.2 Å². The zero-order valence-corrected chi connectivity index (χ0v) is 18.5. The fraction of sp³-hybridized carbons (Fsp3) is 0.522. The molecule has 0 fully saturated rings. The van der Waals surface area contributed by atoms with Gasteiger partial charge < -0.3 is 14.3 Å². The third-order valence-electron chi connectivity index (χ3n) is 4.84. The predicted molar refractivity (Wildman–Crippen MR) is 114 cm³/mol. The van der Waals surface area contributed by atoms with Gasteiger partial charge in [0.05, 0.1) is 17.3 Å². The Bertz CT molecular complexity index is 978. The lowest BCUT2D eigenvalue weighted by atomic mass is 9.96. The van der Waals surface area contributed by atoms with E-state index in [1.165, 1.54) is 4.57 Å².